The second-order valence-electron chi connectivity index (χ2n) is 21.2. The first-order valence-electron chi connectivity index (χ1n) is 28.8. The summed E-state index contributed by atoms with van der Waals surface area (Å²) < 4.78 is 16.3. The second-order valence-corrected chi connectivity index (χ2v) is 25.9. The van der Waals surface area contributed by atoms with Gasteiger partial charge in [0.15, 0.2) is 0 Å². The maximum absolute atomic E-state index is 15.1. The van der Waals surface area contributed by atoms with Gasteiger partial charge in [-0.1, -0.05) is 170 Å². The lowest BCUT2D eigenvalue weighted by atomic mass is 9.93. The summed E-state index contributed by atoms with van der Waals surface area (Å²) in [5.41, 5.74) is 1.83. The average molecular weight is 1070 g/mol. The van der Waals surface area contributed by atoms with Crippen LogP contribution in [-0.4, -0.2) is 46.7 Å². The number of rotatable bonds is 35. The standard InChI is InChI=1S/C62H87N3O4S4/c1-9-15-19-21-23-24-26-28-32-46(31-27-25-22-20-16-10-2)39-65-61(66)53-54(62(65)67)56(64-63-55(53)50-34-33-42(7)70-50)51-36-35-49(72-51)52-38-48-58(69-41-45(14-6)30-18-12-4)59-47(37-43(8)71-59)57(60(48)73-52)68-40-44(13-5)29-17-11-3/h33-38,44-46H,9-32,39-41H2,1-8H3. The van der Waals surface area contributed by atoms with Crippen LogP contribution in [-0.2, 0) is 0 Å². The Bertz CT molecular complexity index is 2600. The smallest absolute Gasteiger partial charge is 0.263 e. The van der Waals surface area contributed by atoms with E-state index in [4.69, 9.17) is 19.7 Å². The van der Waals surface area contributed by atoms with Gasteiger partial charge in [-0.15, -0.1) is 55.5 Å². The van der Waals surface area contributed by atoms with Crippen molar-refractivity contribution < 1.29 is 19.1 Å². The first-order valence-corrected chi connectivity index (χ1v) is 32.1. The highest BCUT2D eigenvalue weighted by atomic mass is 32.1. The van der Waals surface area contributed by atoms with Crippen molar-refractivity contribution in [2.24, 2.45) is 17.8 Å². The third-order valence-electron chi connectivity index (χ3n) is 15.3. The number of hydrogen-bond donors (Lipinski definition) is 0. The van der Waals surface area contributed by atoms with E-state index in [1.54, 1.807) is 50.2 Å². The quantitative estimate of drug-likeness (QED) is 0.0291. The summed E-state index contributed by atoms with van der Waals surface area (Å²) in [6.07, 6.45) is 28.9. The Balaban J connectivity index is 1.23. The Labute approximate surface area is 455 Å². The number of aromatic nitrogens is 2. The molecule has 0 fully saturated rings. The number of imide groups is 1. The number of carbonyl (C=O) groups is 2. The fraction of sp³-hybridized carbons (Fsp3) is 0.613. The monoisotopic (exact) mass is 1070 g/mol. The molecule has 6 aromatic rings. The number of fused-ring (bicyclic) bond motifs is 3. The van der Waals surface area contributed by atoms with Gasteiger partial charge >= 0.3 is 0 Å². The van der Waals surface area contributed by atoms with E-state index in [0.717, 1.165) is 94.6 Å². The van der Waals surface area contributed by atoms with Gasteiger partial charge in [0, 0.05) is 36.8 Å². The number of thiophene rings is 4. The Kier molecular flexibility index (Phi) is 22.7. The number of benzene rings is 1. The van der Waals surface area contributed by atoms with Crippen molar-refractivity contribution in [2.45, 2.75) is 209 Å². The van der Waals surface area contributed by atoms with E-state index in [9.17, 15) is 4.79 Å². The van der Waals surface area contributed by atoms with Gasteiger partial charge in [0.2, 0.25) is 0 Å². The molecule has 0 saturated carbocycles. The van der Waals surface area contributed by atoms with E-state index in [1.807, 2.05) is 6.07 Å². The van der Waals surface area contributed by atoms with Crippen LogP contribution in [0.3, 0.4) is 0 Å². The number of unbranched alkanes of at least 4 members (excludes halogenated alkanes) is 14. The molecular formula is C62H87N3O4S4. The van der Waals surface area contributed by atoms with Crippen molar-refractivity contribution >= 4 is 77.3 Å². The van der Waals surface area contributed by atoms with E-state index < -0.39 is 0 Å². The molecule has 11 heteroatoms. The third-order valence-corrected chi connectivity index (χ3v) is 19.8. The molecule has 3 unspecified atom stereocenters. The first kappa shape index (κ1) is 57.1. The van der Waals surface area contributed by atoms with Gasteiger partial charge in [0.05, 0.1) is 43.5 Å². The topological polar surface area (TPSA) is 81.6 Å². The van der Waals surface area contributed by atoms with Crippen LogP contribution in [0, 0.1) is 31.6 Å². The molecule has 5 aromatic heterocycles. The fourth-order valence-electron chi connectivity index (χ4n) is 10.7. The van der Waals surface area contributed by atoms with Crippen LogP contribution in [0.2, 0.25) is 0 Å². The predicted molar refractivity (Wildman–Crippen MR) is 316 cm³/mol. The molecule has 3 atom stereocenters. The normalized spacial score (nSPS) is 14.0. The minimum atomic E-state index is -0.229. The van der Waals surface area contributed by atoms with Gasteiger partial charge < -0.3 is 9.47 Å². The Morgan fingerprint density at radius 1 is 0.466 bits per heavy atom. The van der Waals surface area contributed by atoms with E-state index in [2.05, 4.69) is 85.7 Å². The van der Waals surface area contributed by atoms with Gasteiger partial charge in [0.1, 0.15) is 22.9 Å². The third kappa shape index (κ3) is 14.6. The predicted octanol–water partition coefficient (Wildman–Crippen LogP) is 20.3. The summed E-state index contributed by atoms with van der Waals surface area (Å²) >= 11 is 6.77. The molecule has 0 spiro atoms. The van der Waals surface area contributed by atoms with Crippen molar-refractivity contribution in [3.63, 3.8) is 0 Å². The Hall–Kier alpha value is -3.64. The van der Waals surface area contributed by atoms with Crippen LogP contribution in [0.4, 0.5) is 0 Å². The summed E-state index contributed by atoms with van der Waals surface area (Å²) in [5.74, 6) is 2.73. The highest BCUT2D eigenvalue weighted by Gasteiger charge is 2.43. The highest BCUT2D eigenvalue weighted by Crippen LogP contribution is 2.53. The zero-order valence-corrected chi connectivity index (χ0v) is 49.2. The van der Waals surface area contributed by atoms with Crippen molar-refractivity contribution in [1.82, 2.24) is 15.1 Å². The molecule has 0 saturated heterocycles. The summed E-state index contributed by atoms with van der Waals surface area (Å²) in [6, 6.07) is 12.9. The van der Waals surface area contributed by atoms with Gasteiger partial charge in [-0.2, -0.15) is 0 Å². The lowest BCUT2D eigenvalue weighted by molar-refractivity contribution is 0.0622. The molecule has 0 aliphatic carbocycles. The Morgan fingerprint density at radius 3 is 1.42 bits per heavy atom. The number of hydrogen-bond acceptors (Lipinski definition) is 10. The fourth-order valence-corrected chi connectivity index (χ4v) is 14.8. The largest absolute Gasteiger partial charge is 0.491 e. The van der Waals surface area contributed by atoms with E-state index in [1.165, 1.54) is 120 Å². The summed E-state index contributed by atoms with van der Waals surface area (Å²) in [7, 11) is 0. The van der Waals surface area contributed by atoms with E-state index in [0.29, 0.717) is 54.1 Å². The maximum atomic E-state index is 15.1. The number of amides is 2. The zero-order chi connectivity index (χ0) is 51.7. The lowest BCUT2D eigenvalue weighted by Crippen LogP contribution is -2.34. The van der Waals surface area contributed by atoms with Gasteiger partial charge in [0.25, 0.3) is 11.8 Å². The SMILES string of the molecule is CCCCCCCCCCC(CCCCCCCC)CN1C(=O)c2c(-c3ccc(C)s3)nnc(-c3ccc(-c4cc5c(OCC(CC)CCCC)c6sc(C)cc6c(OCC(CC)CCCC)c5s4)s3)c2C1=O. The molecular weight excluding hydrogens is 979 g/mol. The molecule has 0 radical (unpaired) electrons. The summed E-state index contributed by atoms with van der Waals surface area (Å²) in [6.45, 7) is 19.7. The summed E-state index contributed by atoms with van der Waals surface area (Å²) in [4.78, 5) is 37.8. The Morgan fingerprint density at radius 2 is 0.918 bits per heavy atom. The van der Waals surface area contributed by atoms with Crippen LogP contribution in [0.25, 0.3) is 51.1 Å². The molecule has 398 valence electrons. The van der Waals surface area contributed by atoms with Crippen molar-refractivity contribution in [2.75, 3.05) is 19.8 Å². The molecule has 2 amide bonds. The second kappa shape index (κ2) is 29.0. The minimum absolute atomic E-state index is 0.224. The number of carbonyl (C=O) groups excluding carboxylic acids is 2. The molecule has 0 bridgehead atoms. The van der Waals surface area contributed by atoms with Crippen molar-refractivity contribution in [1.29, 1.82) is 0 Å². The van der Waals surface area contributed by atoms with Crippen LogP contribution in [0.5, 0.6) is 11.5 Å². The summed E-state index contributed by atoms with van der Waals surface area (Å²) in [5, 5.41) is 11.9. The highest BCUT2D eigenvalue weighted by molar-refractivity contribution is 7.27. The van der Waals surface area contributed by atoms with Crippen molar-refractivity contribution in [3.8, 4) is 42.4 Å². The molecule has 7 nitrogen and oxygen atoms in total. The number of ether oxygens (including phenoxy) is 2. The number of aryl methyl sites for hydroxylation is 2. The molecule has 6 heterocycles. The minimum Gasteiger partial charge on any atom is -0.491 e. The van der Waals surface area contributed by atoms with Crippen LogP contribution in [0.1, 0.15) is 226 Å². The average Bonchev–Trinajstić information content (AvgIpc) is 4.26. The molecule has 1 aliphatic heterocycles. The maximum Gasteiger partial charge on any atom is 0.263 e. The van der Waals surface area contributed by atoms with Crippen molar-refractivity contribution in [3.05, 3.63) is 57.3 Å². The molecule has 0 N–H and O–H groups in total. The van der Waals surface area contributed by atoms with Gasteiger partial charge in [-0.25, -0.2) is 0 Å². The van der Waals surface area contributed by atoms with E-state index >= 15 is 4.79 Å². The van der Waals surface area contributed by atoms with Gasteiger partial charge in [-0.3, -0.25) is 14.5 Å². The van der Waals surface area contributed by atoms with Gasteiger partial charge in [-0.05, 0) is 93.7 Å². The molecule has 1 aliphatic rings. The van der Waals surface area contributed by atoms with E-state index in [-0.39, 0.29) is 17.7 Å². The lowest BCUT2D eigenvalue weighted by Gasteiger charge is -2.23. The van der Waals surface area contributed by atoms with Crippen LogP contribution in [0.15, 0.2) is 36.4 Å². The molecule has 73 heavy (non-hydrogen) atoms. The molecule has 1 aromatic carbocycles. The van der Waals surface area contributed by atoms with Crippen LogP contribution < -0.4 is 9.47 Å². The molecule has 7 rings (SSSR count). The zero-order valence-electron chi connectivity index (χ0n) is 45.9. The number of nitrogens with zero attached hydrogens (tertiary/aromatic N) is 3. The van der Waals surface area contributed by atoms with Crippen LogP contribution >= 0.6 is 45.3 Å². The first-order chi connectivity index (χ1) is 35.6.